The number of nitrogens with zero attached hydrogens (tertiary/aromatic N) is 4. The molecule has 2 aliphatic rings. The number of anilines is 2. The Morgan fingerprint density at radius 1 is 1.07 bits per heavy atom. The highest BCUT2D eigenvalue weighted by molar-refractivity contribution is 9.10. The molecule has 2 aliphatic heterocycles. The van der Waals surface area contributed by atoms with Crippen molar-refractivity contribution in [3.8, 4) is 11.3 Å². The quantitative estimate of drug-likeness (QED) is 0.421. The van der Waals surface area contributed by atoms with E-state index in [-0.39, 0.29) is 5.41 Å². The molecule has 0 bridgehead atoms. The van der Waals surface area contributed by atoms with E-state index in [2.05, 4.69) is 48.0 Å². The molecular formula is C22H21BrCl2N4O. The molecule has 0 saturated carbocycles. The van der Waals surface area contributed by atoms with E-state index >= 15 is 0 Å². The first-order valence-corrected chi connectivity index (χ1v) is 11.5. The van der Waals surface area contributed by atoms with Crippen LogP contribution in [0.25, 0.3) is 11.3 Å². The van der Waals surface area contributed by atoms with Crippen molar-refractivity contribution in [3.05, 3.63) is 56.7 Å². The zero-order chi connectivity index (χ0) is 20.9. The number of aryl methyl sites for hydroxylation is 1. The second-order valence-electron chi connectivity index (χ2n) is 8.35. The number of halogens is 3. The highest BCUT2D eigenvalue weighted by atomic mass is 79.9. The third kappa shape index (κ3) is 3.70. The minimum Gasteiger partial charge on any atom is -0.370 e. The summed E-state index contributed by atoms with van der Waals surface area (Å²) in [6.45, 7) is 6.05. The summed E-state index contributed by atoms with van der Waals surface area (Å²) in [5.74, 6) is 0.776. The van der Waals surface area contributed by atoms with Crippen LogP contribution in [0.5, 0.6) is 0 Å². The number of piperidine rings is 1. The van der Waals surface area contributed by atoms with E-state index in [1.807, 2.05) is 25.3 Å². The number of benzene rings is 1. The molecule has 1 aromatic carbocycles. The predicted octanol–water partition coefficient (Wildman–Crippen LogP) is 6.22. The smallest absolute Gasteiger partial charge is 0.242 e. The topological polar surface area (TPSA) is 45.4 Å². The van der Waals surface area contributed by atoms with Crippen LogP contribution < -0.4 is 9.80 Å². The Kier molecular flexibility index (Phi) is 5.20. The molecule has 30 heavy (non-hydrogen) atoms. The van der Waals surface area contributed by atoms with Crippen molar-refractivity contribution in [2.24, 2.45) is 5.41 Å². The van der Waals surface area contributed by atoms with Crippen LogP contribution in [-0.2, 0) is 0 Å². The average Bonchev–Trinajstić information content (AvgIpc) is 3.07. The van der Waals surface area contributed by atoms with Gasteiger partial charge < -0.3 is 14.3 Å². The second kappa shape index (κ2) is 7.74. The van der Waals surface area contributed by atoms with Gasteiger partial charge in [-0.05, 0) is 66.0 Å². The summed E-state index contributed by atoms with van der Waals surface area (Å²) < 4.78 is 6.63. The Morgan fingerprint density at radius 2 is 1.80 bits per heavy atom. The molecule has 0 amide bonds. The lowest BCUT2D eigenvalue weighted by Crippen LogP contribution is -2.63. The molecule has 156 valence electrons. The summed E-state index contributed by atoms with van der Waals surface area (Å²) in [6, 6.07) is 9.65. The van der Waals surface area contributed by atoms with Gasteiger partial charge in [-0.25, -0.2) is 0 Å². The van der Waals surface area contributed by atoms with Crippen molar-refractivity contribution in [3.63, 3.8) is 0 Å². The zero-order valence-corrected chi connectivity index (χ0v) is 19.6. The monoisotopic (exact) mass is 506 g/mol. The largest absolute Gasteiger partial charge is 0.370 e. The molecule has 2 saturated heterocycles. The van der Waals surface area contributed by atoms with Gasteiger partial charge in [0.05, 0.1) is 0 Å². The number of aromatic nitrogens is 2. The highest BCUT2D eigenvalue weighted by Crippen LogP contribution is 2.45. The van der Waals surface area contributed by atoms with Crippen LogP contribution in [0.15, 0.2) is 45.5 Å². The van der Waals surface area contributed by atoms with E-state index < -0.39 is 0 Å². The maximum absolute atomic E-state index is 6.17. The highest BCUT2D eigenvalue weighted by Gasteiger charge is 2.46. The van der Waals surface area contributed by atoms with Gasteiger partial charge in [-0.15, -0.1) is 0 Å². The third-order valence-corrected chi connectivity index (χ3v) is 7.15. The Labute approximate surface area is 194 Å². The molecule has 2 fully saturated rings. The van der Waals surface area contributed by atoms with E-state index in [4.69, 9.17) is 27.7 Å². The fraction of sp³-hybridized carbons (Fsp3) is 0.364. The van der Waals surface area contributed by atoms with Gasteiger partial charge in [0, 0.05) is 64.8 Å². The molecule has 5 rings (SSSR count). The minimum absolute atomic E-state index is 0.279. The second-order valence-corrected chi connectivity index (χ2v) is 10.0. The van der Waals surface area contributed by atoms with Gasteiger partial charge in [0.2, 0.25) is 5.88 Å². The Morgan fingerprint density at radius 3 is 2.53 bits per heavy atom. The lowest BCUT2D eigenvalue weighted by Gasteiger charge is -2.55. The summed E-state index contributed by atoms with van der Waals surface area (Å²) in [7, 11) is 0. The van der Waals surface area contributed by atoms with Gasteiger partial charge in [0.1, 0.15) is 10.2 Å². The van der Waals surface area contributed by atoms with Crippen molar-refractivity contribution >= 4 is 50.7 Å². The summed E-state index contributed by atoms with van der Waals surface area (Å²) in [6.07, 6.45) is 4.25. The van der Waals surface area contributed by atoms with E-state index in [9.17, 15) is 0 Å². The van der Waals surface area contributed by atoms with Gasteiger partial charge in [-0.3, -0.25) is 4.98 Å². The maximum Gasteiger partial charge on any atom is 0.242 e. The lowest BCUT2D eigenvalue weighted by atomic mass is 9.73. The van der Waals surface area contributed by atoms with Crippen LogP contribution in [0.4, 0.5) is 11.6 Å². The number of rotatable bonds is 3. The van der Waals surface area contributed by atoms with E-state index in [1.54, 1.807) is 6.07 Å². The molecular weight excluding hydrogens is 487 g/mol. The fourth-order valence-electron chi connectivity index (χ4n) is 4.65. The first-order valence-electron chi connectivity index (χ1n) is 9.97. The first kappa shape index (κ1) is 20.2. The van der Waals surface area contributed by atoms with E-state index in [0.29, 0.717) is 10.0 Å². The van der Waals surface area contributed by atoms with Crippen LogP contribution >= 0.6 is 39.1 Å². The molecule has 0 aliphatic carbocycles. The first-order chi connectivity index (χ1) is 14.4. The summed E-state index contributed by atoms with van der Waals surface area (Å²) >= 11 is 16.0. The van der Waals surface area contributed by atoms with Gasteiger partial charge >= 0.3 is 0 Å². The Bertz CT molecular complexity index is 1080. The van der Waals surface area contributed by atoms with Crippen LogP contribution in [0, 0.1) is 12.3 Å². The van der Waals surface area contributed by atoms with E-state index in [0.717, 1.165) is 59.9 Å². The van der Waals surface area contributed by atoms with Gasteiger partial charge in [-0.1, -0.05) is 28.4 Å². The summed E-state index contributed by atoms with van der Waals surface area (Å²) in [5.41, 5.74) is 4.14. The van der Waals surface area contributed by atoms with E-state index in [1.165, 1.54) is 12.1 Å². The van der Waals surface area contributed by atoms with Gasteiger partial charge in [0.25, 0.3) is 0 Å². The zero-order valence-electron chi connectivity index (χ0n) is 16.5. The third-order valence-electron chi connectivity index (χ3n) is 6.00. The number of hydrogen-bond donors (Lipinski definition) is 0. The molecule has 5 nitrogen and oxygen atoms in total. The Hall–Kier alpha value is -1.76. The average molecular weight is 508 g/mol. The van der Waals surface area contributed by atoms with Crippen molar-refractivity contribution < 1.29 is 4.52 Å². The van der Waals surface area contributed by atoms with Crippen molar-refractivity contribution in [2.75, 3.05) is 36.0 Å². The standard InChI is InChI=1S/C22H21BrCl2N4O/c1-14-7-18(3-5-26-14)29-12-22(13-29)4-2-6-28(11-22)21-19(23)20(27-30-21)15-8-16(24)10-17(25)9-15/h3,5,7-10H,2,4,6,11-13H2,1H3. The molecule has 8 heteroatoms. The van der Waals surface area contributed by atoms with Gasteiger partial charge in [-0.2, -0.15) is 0 Å². The van der Waals surface area contributed by atoms with Crippen LogP contribution in [0.1, 0.15) is 18.5 Å². The maximum atomic E-state index is 6.17. The molecule has 0 atom stereocenters. The molecule has 3 aromatic rings. The normalized spacial score (nSPS) is 18.0. The van der Waals surface area contributed by atoms with Crippen molar-refractivity contribution in [1.29, 1.82) is 0 Å². The number of pyridine rings is 1. The molecule has 0 N–H and O–H groups in total. The minimum atomic E-state index is 0.279. The van der Waals surface area contributed by atoms with Crippen molar-refractivity contribution in [2.45, 2.75) is 19.8 Å². The molecule has 0 radical (unpaired) electrons. The Balaban J connectivity index is 1.34. The molecule has 1 spiro atoms. The number of hydrogen-bond acceptors (Lipinski definition) is 5. The summed E-state index contributed by atoms with van der Waals surface area (Å²) in [4.78, 5) is 9.06. The summed E-state index contributed by atoms with van der Waals surface area (Å²) in [5, 5.41) is 5.46. The van der Waals surface area contributed by atoms with Crippen LogP contribution in [0.3, 0.4) is 0 Å². The van der Waals surface area contributed by atoms with Gasteiger partial charge in [0.15, 0.2) is 0 Å². The molecule has 4 heterocycles. The predicted molar refractivity (Wildman–Crippen MR) is 125 cm³/mol. The molecule has 0 unspecified atom stereocenters. The molecule has 2 aromatic heterocycles. The van der Waals surface area contributed by atoms with Crippen LogP contribution in [-0.4, -0.2) is 36.3 Å². The SMILES string of the molecule is Cc1cc(N2CC3(CCCN(c4onc(-c5cc(Cl)cc(Cl)c5)c4Br)C3)C2)ccn1. The van der Waals surface area contributed by atoms with Crippen molar-refractivity contribution in [1.82, 2.24) is 10.1 Å². The van der Waals surface area contributed by atoms with Crippen LogP contribution in [0.2, 0.25) is 10.0 Å². The lowest BCUT2D eigenvalue weighted by molar-refractivity contribution is 0.170. The fourth-order valence-corrected chi connectivity index (χ4v) is 5.80.